The molecule has 1 aliphatic rings. The minimum Gasteiger partial charge on any atom is -0.496 e. The lowest BCUT2D eigenvalue weighted by atomic mass is 9.94. The van der Waals surface area contributed by atoms with Crippen LogP contribution in [0.1, 0.15) is 18.4 Å². The van der Waals surface area contributed by atoms with Gasteiger partial charge in [0.15, 0.2) is 0 Å². The van der Waals surface area contributed by atoms with E-state index < -0.39 is 0 Å². The van der Waals surface area contributed by atoms with Crippen LogP contribution in [-0.4, -0.2) is 18.8 Å². The number of aliphatic hydroxyl groups is 1. The highest BCUT2D eigenvalue weighted by atomic mass is 16.5. The van der Waals surface area contributed by atoms with E-state index in [4.69, 9.17) is 4.74 Å². The number of methoxy groups -OCH3 is 1. The van der Waals surface area contributed by atoms with Gasteiger partial charge in [0.2, 0.25) is 0 Å². The smallest absolute Gasteiger partial charge is 0.126 e. The Kier molecular flexibility index (Phi) is 2.33. The molecule has 0 bridgehead atoms. The molecule has 0 spiro atoms. The Labute approximate surface area is 101 Å². The van der Waals surface area contributed by atoms with E-state index in [2.05, 4.69) is 24.3 Å². The van der Waals surface area contributed by atoms with E-state index in [1.807, 2.05) is 12.1 Å². The normalized spacial score (nSPS) is 17.1. The lowest BCUT2D eigenvalue weighted by Crippen LogP contribution is -2.11. The summed E-state index contributed by atoms with van der Waals surface area (Å²) < 4.78 is 5.35. The second-order valence-corrected chi connectivity index (χ2v) is 4.83. The molecular formula is C15H16O2. The summed E-state index contributed by atoms with van der Waals surface area (Å²) in [6.07, 6.45) is 2.19. The van der Waals surface area contributed by atoms with Gasteiger partial charge in [-0.1, -0.05) is 30.3 Å². The summed E-state index contributed by atoms with van der Waals surface area (Å²) in [4.78, 5) is 0. The molecule has 0 amide bonds. The minimum atomic E-state index is 0.0390. The third-order valence-electron chi connectivity index (χ3n) is 3.83. The number of rotatable bonds is 3. The molecule has 3 rings (SSSR count). The van der Waals surface area contributed by atoms with Crippen molar-refractivity contribution in [3.05, 3.63) is 42.0 Å². The van der Waals surface area contributed by atoms with Crippen LogP contribution in [0.5, 0.6) is 5.75 Å². The van der Waals surface area contributed by atoms with Crippen LogP contribution in [0.2, 0.25) is 0 Å². The molecule has 1 saturated carbocycles. The van der Waals surface area contributed by atoms with E-state index in [9.17, 15) is 5.11 Å². The molecule has 0 aromatic heterocycles. The summed E-state index contributed by atoms with van der Waals surface area (Å²) >= 11 is 0. The summed E-state index contributed by atoms with van der Waals surface area (Å²) in [6.45, 7) is 0.252. The third-order valence-corrected chi connectivity index (χ3v) is 3.83. The average molecular weight is 228 g/mol. The Bertz CT molecular complexity index is 556. The van der Waals surface area contributed by atoms with Crippen LogP contribution in [0.15, 0.2) is 36.4 Å². The molecule has 0 heterocycles. The molecule has 88 valence electrons. The topological polar surface area (TPSA) is 29.5 Å². The average Bonchev–Trinajstić information content (AvgIpc) is 3.18. The molecule has 0 saturated heterocycles. The summed E-state index contributed by atoms with van der Waals surface area (Å²) in [5.41, 5.74) is 1.29. The van der Waals surface area contributed by atoms with Gasteiger partial charge in [-0.15, -0.1) is 0 Å². The third kappa shape index (κ3) is 1.60. The molecular weight excluding hydrogens is 212 g/mol. The van der Waals surface area contributed by atoms with Gasteiger partial charge in [-0.25, -0.2) is 0 Å². The molecule has 0 radical (unpaired) electrons. The van der Waals surface area contributed by atoms with Crippen molar-refractivity contribution in [2.75, 3.05) is 13.7 Å². The molecule has 0 unspecified atom stereocenters. The molecule has 2 aromatic rings. The Balaban J connectivity index is 2.14. The van der Waals surface area contributed by atoms with Crippen molar-refractivity contribution >= 4 is 10.8 Å². The molecule has 0 atom stereocenters. The second-order valence-electron chi connectivity index (χ2n) is 4.83. The van der Waals surface area contributed by atoms with Crippen LogP contribution in [0.4, 0.5) is 0 Å². The van der Waals surface area contributed by atoms with Crippen molar-refractivity contribution in [3.8, 4) is 5.75 Å². The fourth-order valence-electron chi connectivity index (χ4n) is 2.45. The van der Waals surface area contributed by atoms with Crippen molar-refractivity contribution in [2.45, 2.75) is 18.3 Å². The van der Waals surface area contributed by atoms with Gasteiger partial charge in [-0.05, 0) is 29.9 Å². The molecule has 2 heteroatoms. The van der Waals surface area contributed by atoms with Gasteiger partial charge in [-0.2, -0.15) is 0 Å². The first kappa shape index (κ1) is 10.6. The van der Waals surface area contributed by atoms with Crippen molar-refractivity contribution < 1.29 is 9.84 Å². The Morgan fingerprint density at radius 3 is 2.71 bits per heavy atom. The monoisotopic (exact) mass is 228 g/mol. The number of hydrogen-bond donors (Lipinski definition) is 1. The lowest BCUT2D eigenvalue weighted by Gasteiger charge is -2.13. The molecule has 2 nitrogen and oxygen atoms in total. The van der Waals surface area contributed by atoms with Gasteiger partial charge in [0.1, 0.15) is 5.75 Å². The number of aliphatic hydroxyl groups excluding tert-OH is 1. The van der Waals surface area contributed by atoms with E-state index in [-0.39, 0.29) is 12.0 Å². The first-order valence-corrected chi connectivity index (χ1v) is 5.97. The molecule has 17 heavy (non-hydrogen) atoms. The molecule has 2 aromatic carbocycles. The summed E-state index contributed by atoms with van der Waals surface area (Å²) in [6, 6.07) is 12.5. The van der Waals surface area contributed by atoms with Gasteiger partial charge >= 0.3 is 0 Å². The predicted molar refractivity (Wildman–Crippen MR) is 68.5 cm³/mol. The Morgan fingerprint density at radius 1 is 1.24 bits per heavy atom. The molecule has 0 aliphatic heterocycles. The van der Waals surface area contributed by atoms with Crippen LogP contribution < -0.4 is 4.74 Å². The summed E-state index contributed by atoms with van der Waals surface area (Å²) in [7, 11) is 1.69. The number of ether oxygens (including phenoxy) is 1. The maximum Gasteiger partial charge on any atom is 0.126 e. The zero-order valence-corrected chi connectivity index (χ0v) is 9.94. The van der Waals surface area contributed by atoms with Crippen molar-refractivity contribution in [1.29, 1.82) is 0 Å². The van der Waals surface area contributed by atoms with Gasteiger partial charge in [-0.3, -0.25) is 0 Å². The van der Waals surface area contributed by atoms with E-state index in [1.165, 1.54) is 10.9 Å². The lowest BCUT2D eigenvalue weighted by molar-refractivity contribution is 0.255. The van der Waals surface area contributed by atoms with Crippen LogP contribution in [0.25, 0.3) is 10.8 Å². The number of fused-ring (bicyclic) bond motifs is 1. The van der Waals surface area contributed by atoms with Crippen LogP contribution in [0.3, 0.4) is 0 Å². The van der Waals surface area contributed by atoms with E-state index in [0.717, 1.165) is 24.0 Å². The Morgan fingerprint density at radius 2 is 2.06 bits per heavy atom. The van der Waals surface area contributed by atoms with E-state index >= 15 is 0 Å². The molecule has 1 N–H and O–H groups in total. The SMILES string of the molecule is COc1cccc2cc(C3(CO)CC3)ccc12. The highest BCUT2D eigenvalue weighted by Crippen LogP contribution is 2.48. The first-order valence-electron chi connectivity index (χ1n) is 5.97. The first-order chi connectivity index (χ1) is 8.29. The highest BCUT2D eigenvalue weighted by molar-refractivity contribution is 5.89. The van der Waals surface area contributed by atoms with Crippen molar-refractivity contribution in [1.82, 2.24) is 0 Å². The summed E-state index contributed by atoms with van der Waals surface area (Å²) in [5, 5.41) is 11.8. The maximum atomic E-state index is 9.46. The van der Waals surface area contributed by atoms with Crippen LogP contribution in [0, 0.1) is 0 Å². The standard InChI is InChI=1S/C15H16O2/c1-17-14-4-2-3-11-9-12(5-6-13(11)14)15(10-16)7-8-15/h2-6,9,16H,7-8,10H2,1H3. The highest BCUT2D eigenvalue weighted by Gasteiger charge is 2.43. The minimum absolute atomic E-state index is 0.0390. The fraction of sp³-hybridized carbons (Fsp3) is 0.333. The van der Waals surface area contributed by atoms with E-state index in [1.54, 1.807) is 7.11 Å². The number of hydrogen-bond acceptors (Lipinski definition) is 2. The van der Waals surface area contributed by atoms with Gasteiger partial charge in [0.05, 0.1) is 13.7 Å². The van der Waals surface area contributed by atoms with Crippen LogP contribution >= 0.6 is 0 Å². The molecule has 1 aliphatic carbocycles. The molecule has 1 fully saturated rings. The number of benzene rings is 2. The van der Waals surface area contributed by atoms with Gasteiger partial charge in [0, 0.05) is 10.8 Å². The van der Waals surface area contributed by atoms with E-state index in [0.29, 0.717) is 0 Å². The van der Waals surface area contributed by atoms with Gasteiger partial charge < -0.3 is 9.84 Å². The zero-order chi connectivity index (χ0) is 11.9. The zero-order valence-electron chi connectivity index (χ0n) is 9.94. The van der Waals surface area contributed by atoms with Crippen molar-refractivity contribution in [3.63, 3.8) is 0 Å². The second kappa shape index (κ2) is 3.74. The maximum absolute atomic E-state index is 9.46. The summed E-state index contributed by atoms with van der Waals surface area (Å²) in [5.74, 6) is 0.905. The fourth-order valence-corrected chi connectivity index (χ4v) is 2.45. The quantitative estimate of drug-likeness (QED) is 0.875. The van der Waals surface area contributed by atoms with Crippen molar-refractivity contribution in [2.24, 2.45) is 0 Å². The Hall–Kier alpha value is -1.54. The largest absolute Gasteiger partial charge is 0.496 e. The van der Waals surface area contributed by atoms with Crippen LogP contribution in [-0.2, 0) is 5.41 Å². The predicted octanol–water partition coefficient (Wildman–Crippen LogP) is 2.87. The van der Waals surface area contributed by atoms with Gasteiger partial charge in [0.25, 0.3) is 0 Å².